The lowest BCUT2D eigenvalue weighted by Gasteiger charge is -2.13. The van der Waals surface area contributed by atoms with Gasteiger partial charge < -0.3 is 5.32 Å². The van der Waals surface area contributed by atoms with Crippen LogP contribution < -0.4 is 5.32 Å². The normalized spacial score (nSPS) is 11.1. The van der Waals surface area contributed by atoms with Gasteiger partial charge >= 0.3 is 0 Å². The third-order valence-corrected chi connectivity index (χ3v) is 4.96. The standard InChI is InChI=1S/C17H19BrClNS/c1-12(2)10-20-11-15-16(19)4-3-5-17(15)21-14-8-6-13(18)7-9-14/h3-9,12,20H,10-11H2,1-2H3. The Labute approximate surface area is 144 Å². The molecular formula is C17H19BrClNS. The summed E-state index contributed by atoms with van der Waals surface area (Å²) in [7, 11) is 0. The second-order valence-corrected chi connectivity index (χ2v) is 7.74. The van der Waals surface area contributed by atoms with Gasteiger partial charge in [0, 0.05) is 25.8 Å². The lowest BCUT2D eigenvalue weighted by atomic mass is 10.2. The summed E-state index contributed by atoms with van der Waals surface area (Å²) in [5, 5.41) is 4.30. The number of nitrogens with one attached hydrogen (secondary N) is 1. The van der Waals surface area contributed by atoms with Crippen molar-refractivity contribution in [1.29, 1.82) is 0 Å². The summed E-state index contributed by atoms with van der Waals surface area (Å²) in [6.07, 6.45) is 0. The van der Waals surface area contributed by atoms with Crippen LogP contribution >= 0.6 is 39.3 Å². The number of hydrogen-bond donors (Lipinski definition) is 1. The van der Waals surface area contributed by atoms with Crippen LogP contribution in [0.5, 0.6) is 0 Å². The maximum atomic E-state index is 6.38. The Bertz CT molecular complexity index is 584. The van der Waals surface area contributed by atoms with E-state index in [0.717, 1.165) is 22.6 Å². The molecule has 0 fully saturated rings. The third kappa shape index (κ3) is 5.33. The molecule has 112 valence electrons. The molecule has 2 rings (SSSR count). The fourth-order valence-electron chi connectivity index (χ4n) is 1.92. The highest BCUT2D eigenvalue weighted by Gasteiger charge is 2.08. The molecule has 1 nitrogen and oxygen atoms in total. The molecule has 0 amide bonds. The zero-order valence-electron chi connectivity index (χ0n) is 12.2. The predicted molar refractivity (Wildman–Crippen MR) is 96.3 cm³/mol. The van der Waals surface area contributed by atoms with Gasteiger partial charge in [-0.15, -0.1) is 0 Å². The molecule has 0 aliphatic carbocycles. The first-order valence-corrected chi connectivity index (χ1v) is 8.96. The van der Waals surface area contributed by atoms with Crippen LogP contribution in [0.15, 0.2) is 56.7 Å². The minimum Gasteiger partial charge on any atom is -0.312 e. The van der Waals surface area contributed by atoms with Crippen molar-refractivity contribution in [2.75, 3.05) is 6.54 Å². The first-order chi connectivity index (χ1) is 10.1. The van der Waals surface area contributed by atoms with Crippen LogP contribution in [0.25, 0.3) is 0 Å². The molecule has 2 aromatic rings. The summed E-state index contributed by atoms with van der Waals surface area (Å²) in [6.45, 7) is 6.21. The fraction of sp³-hybridized carbons (Fsp3) is 0.294. The van der Waals surface area contributed by atoms with Gasteiger partial charge in [0.05, 0.1) is 0 Å². The highest BCUT2D eigenvalue weighted by molar-refractivity contribution is 9.10. The van der Waals surface area contributed by atoms with Gasteiger partial charge in [0.15, 0.2) is 0 Å². The van der Waals surface area contributed by atoms with E-state index in [1.807, 2.05) is 12.1 Å². The van der Waals surface area contributed by atoms with Crippen molar-refractivity contribution in [2.24, 2.45) is 5.92 Å². The lowest BCUT2D eigenvalue weighted by Crippen LogP contribution is -2.19. The van der Waals surface area contributed by atoms with E-state index in [1.165, 1.54) is 15.4 Å². The molecule has 0 bridgehead atoms. The van der Waals surface area contributed by atoms with Crippen LogP contribution in [0.4, 0.5) is 0 Å². The van der Waals surface area contributed by atoms with E-state index in [-0.39, 0.29) is 0 Å². The van der Waals surface area contributed by atoms with E-state index >= 15 is 0 Å². The summed E-state index contributed by atoms with van der Waals surface area (Å²) in [6, 6.07) is 14.4. The van der Waals surface area contributed by atoms with Crippen molar-refractivity contribution in [3.63, 3.8) is 0 Å². The van der Waals surface area contributed by atoms with Gasteiger partial charge in [0.25, 0.3) is 0 Å². The minimum absolute atomic E-state index is 0.634. The molecule has 0 spiro atoms. The molecule has 0 aromatic heterocycles. The van der Waals surface area contributed by atoms with Crippen LogP contribution in [0.3, 0.4) is 0 Å². The molecular weight excluding hydrogens is 366 g/mol. The minimum atomic E-state index is 0.634. The molecule has 0 unspecified atom stereocenters. The van der Waals surface area contributed by atoms with Gasteiger partial charge in [0.1, 0.15) is 0 Å². The topological polar surface area (TPSA) is 12.0 Å². The Kier molecular flexibility index (Phi) is 6.62. The zero-order chi connectivity index (χ0) is 15.2. The first-order valence-electron chi connectivity index (χ1n) is 6.98. The van der Waals surface area contributed by atoms with Gasteiger partial charge in [-0.25, -0.2) is 0 Å². The molecule has 0 atom stereocenters. The van der Waals surface area contributed by atoms with Gasteiger partial charge in [-0.2, -0.15) is 0 Å². The number of rotatable bonds is 6. The molecule has 0 saturated carbocycles. The largest absolute Gasteiger partial charge is 0.312 e. The van der Waals surface area contributed by atoms with E-state index in [9.17, 15) is 0 Å². The summed E-state index contributed by atoms with van der Waals surface area (Å²) in [4.78, 5) is 2.42. The molecule has 0 saturated heterocycles. The predicted octanol–water partition coefficient (Wildman–Crippen LogP) is 6.00. The van der Waals surface area contributed by atoms with Crippen molar-refractivity contribution in [2.45, 2.75) is 30.2 Å². The summed E-state index contributed by atoms with van der Waals surface area (Å²) in [5.41, 5.74) is 1.17. The maximum Gasteiger partial charge on any atom is 0.0462 e. The van der Waals surface area contributed by atoms with E-state index < -0.39 is 0 Å². The van der Waals surface area contributed by atoms with Crippen molar-refractivity contribution in [3.05, 3.63) is 57.5 Å². The molecule has 1 N–H and O–H groups in total. The van der Waals surface area contributed by atoms with E-state index in [4.69, 9.17) is 11.6 Å². The van der Waals surface area contributed by atoms with Crippen LogP contribution in [-0.4, -0.2) is 6.54 Å². The summed E-state index contributed by atoms with van der Waals surface area (Å²) < 4.78 is 1.09. The number of halogens is 2. The van der Waals surface area contributed by atoms with Crippen LogP contribution in [0, 0.1) is 5.92 Å². The molecule has 0 radical (unpaired) electrons. The monoisotopic (exact) mass is 383 g/mol. The second-order valence-electron chi connectivity index (χ2n) is 5.30. The van der Waals surface area contributed by atoms with Crippen molar-refractivity contribution < 1.29 is 0 Å². The van der Waals surface area contributed by atoms with Crippen LogP contribution in [-0.2, 0) is 6.54 Å². The molecule has 0 aliphatic rings. The highest BCUT2D eigenvalue weighted by atomic mass is 79.9. The van der Waals surface area contributed by atoms with Crippen molar-refractivity contribution >= 4 is 39.3 Å². The Balaban J connectivity index is 2.14. The summed E-state index contributed by atoms with van der Waals surface area (Å²) >= 11 is 11.6. The Morgan fingerprint density at radius 1 is 1.14 bits per heavy atom. The Morgan fingerprint density at radius 3 is 2.52 bits per heavy atom. The van der Waals surface area contributed by atoms with Gasteiger partial charge in [-0.3, -0.25) is 0 Å². The van der Waals surface area contributed by atoms with Crippen LogP contribution in [0.2, 0.25) is 5.02 Å². The molecule has 21 heavy (non-hydrogen) atoms. The molecule has 0 heterocycles. The average Bonchev–Trinajstić information content (AvgIpc) is 2.44. The number of benzene rings is 2. The van der Waals surface area contributed by atoms with Gasteiger partial charge in [0.2, 0.25) is 0 Å². The number of hydrogen-bond acceptors (Lipinski definition) is 2. The zero-order valence-corrected chi connectivity index (χ0v) is 15.4. The lowest BCUT2D eigenvalue weighted by molar-refractivity contribution is 0.550. The Hall–Kier alpha value is -0.480. The first kappa shape index (κ1) is 16.9. The third-order valence-electron chi connectivity index (χ3n) is 2.97. The van der Waals surface area contributed by atoms with E-state index in [0.29, 0.717) is 5.92 Å². The molecule has 4 heteroatoms. The van der Waals surface area contributed by atoms with Gasteiger partial charge in [-0.1, -0.05) is 59.2 Å². The second kappa shape index (κ2) is 8.23. The SMILES string of the molecule is CC(C)CNCc1c(Cl)cccc1Sc1ccc(Br)cc1. The van der Waals surface area contributed by atoms with Crippen molar-refractivity contribution in [1.82, 2.24) is 5.32 Å². The average molecular weight is 385 g/mol. The van der Waals surface area contributed by atoms with Crippen molar-refractivity contribution in [3.8, 4) is 0 Å². The smallest absolute Gasteiger partial charge is 0.0462 e. The van der Waals surface area contributed by atoms with E-state index in [2.05, 4.69) is 65.4 Å². The van der Waals surface area contributed by atoms with E-state index in [1.54, 1.807) is 11.8 Å². The van der Waals surface area contributed by atoms with Crippen LogP contribution in [0.1, 0.15) is 19.4 Å². The molecule has 0 aliphatic heterocycles. The Morgan fingerprint density at radius 2 is 1.86 bits per heavy atom. The van der Waals surface area contributed by atoms with Gasteiger partial charge in [-0.05, 0) is 54.4 Å². The quantitative estimate of drug-likeness (QED) is 0.655. The fourth-order valence-corrected chi connectivity index (χ4v) is 3.46. The summed E-state index contributed by atoms with van der Waals surface area (Å²) in [5.74, 6) is 0.634. The molecule has 2 aromatic carbocycles. The maximum absolute atomic E-state index is 6.38. The highest BCUT2D eigenvalue weighted by Crippen LogP contribution is 2.34.